The van der Waals surface area contributed by atoms with E-state index in [2.05, 4.69) is 58.8 Å². The van der Waals surface area contributed by atoms with Crippen LogP contribution in [0.25, 0.3) is 10.9 Å². The second-order valence-corrected chi connectivity index (χ2v) is 8.12. The second kappa shape index (κ2) is 6.70. The number of aromatic amines is 1. The molecule has 2 aromatic carbocycles. The smallest absolute Gasteiger partial charge is 0.115 e. The lowest BCUT2D eigenvalue weighted by atomic mass is 9.71. The van der Waals surface area contributed by atoms with E-state index in [0.29, 0.717) is 23.8 Å². The Morgan fingerprint density at radius 3 is 3.04 bits per heavy atom. The van der Waals surface area contributed by atoms with Gasteiger partial charge in [0, 0.05) is 35.1 Å². The molecule has 2 heterocycles. The number of fused-ring (bicyclic) bond motifs is 5. The molecule has 1 fully saturated rings. The molecule has 3 N–H and O–H groups in total. The van der Waals surface area contributed by atoms with Gasteiger partial charge in [0.2, 0.25) is 0 Å². The number of benzene rings is 2. The molecule has 2 aliphatic rings. The number of phenolic OH excluding ortho intramolecular Hbond substituents is 1. The summed E-state index contributed by atoms with van der Waals surface area (Å²) in [5.41, 5.74) is 5.35. The highest BCUT2D eigenvalue weighted by molar-refractivity contribution is 5.83. The van der Waals surface area contributed by atoms with Crippen LogP contribution in [0.1, 0.15) is 29.0 Å². The fourth-order valence-corrected chi connectivity index (χ4v) is 5.19. The van der Waals surface area contributed by atoms with E-state index in [1.807, 2.05) is 12.1 Å². The van der Waals surface area contributed by atoms with Crippen LogP contribution in [0.4, 0.5) is 0 Å². The molecule has 0 radical (unpaired) electrons. The molecule has 27 heavy (non-hydrogen) atoms. The molecule has 1 aliphatic heterocycles. The summed E-state index contributed by atoms with van der Waals surface area (Å²) in [5.74, 6) is 0.883. The van der Waals surface area contributed by atoms with Gasteiger partial charge in [0.25, 0.3) is 0 Å². The Morgan fingerprint density at radius 1 is 1.22 bits per heavy atom. The average Bonchev–Trinajstić information content (AvgIpc) is 3.08. The first-order valence-electron chi connectivity index (χ1n) is 10.0. The van der Waals surface area contributed by atoms with Crippen molar-refractivity contribution in [1.29, 1.82) is 0 Å². The van der Waals surface area contributed by atoms with Gasteiger partial charge in [-0.3, -0.25) is 0 Å². The van der Waals surface area contributed by atoms with Crippen LogP contribution in [0.15, 0.2) is 48.7 Å². The summed E-state index contributed by atoms with van der Waals surface area (Å²) in [4.78, 5) is 5.89. The van der Waals surface area contributed by atoms with Crippen LogP contribution in [-0.4, -0.2) is 47.2 Å². The Hall–Kier alpha value is -2.30. The second-order valence-electron chi connectivity index (χ2n) is 8.12. The van der Waals surface area contributed by atoms with Gasteiger partial charge in [0.05, 0.1) is 0 Å². The first kappa shape index (κ1) is 16.8. The molecule has 5 rings (SSSR count). The van der Waals surface area contributed by atoms with Crippen molar-refractivity contribution in [2.24, 2.45) is 0 Å². The zero-order valence-electron chi connectivity index (χ0n) is 15.8. The first-order valence-corrected chi connectivity index (χ1v) is 10.0. The van der Waals surface area contributed by atoms with Crippen molar-refractivity contribution in [3.8, 4) is 5.75 Å². The van der Waals surface area contributed by atoms with Crippen molar-refractivity contribution in [3.05, 3.63) is 65.4 Å². The van der Waals surface area contributed by atoms with Crippen molar-refractivity contribution in [3.63, 3.8) is 0 Å². The van der Waals surface area contributed by atoms with Crippen LogP contribution in [0.3, 0.4) is 0 Å². The van der Waals surface area contributed by atoms with Crippen LogP contribution < -0.4 is 5.32 Å². The molecule has 0 saturated carbocycles. The Balaban J connectivity index is 1.35. The minimum Gasteiger partial charge on any atom is -0.508 e. The summed E-state index contributed by atoms with van der Waals surface area (Å²) >= 11 is 0. The van der Waals surface area contributed by atoms with Gasteiger partial charge in [0.15, 0.2) is 0 Å². The number of aromatic nitrogens is 1. The van der Waals surface area contributed by atoms with E-state index >= 15 is 0 Å². The summed E-state index contributed by atoms with van der Waals surface area (Å²) < 4.78 is 0. The molecule has 3 atom stereocenters. The van der Waals surface area contributed by atoms with E-state index in [9.17, 15) is 5.11 Å². The number of hydrogen-bond donors (Lipinski definition) is 3. The summed E-state index contributed by atoms with van der Waals surface area (Å²) in [7, 11) is 2.25. The molecular formula is C23H27N3O. The lowest BCUT2D eigenvalue weighted by Gasteiger charge is -2.49. The monoisotopic (exact) mass is 361 g/mol. The maximum Gasteiger partial charge on any atom is 0.115 e. The van der Waals surface area contributed by atoms with Crippen molar-refractivity contribution in [2.75, 3.05) is 20.1 Å². The van der Waals surface area contributed by atoms with Gasteiger partial charge in [-0.1, -0.05) is 24.3 Å². The van der Waals surface area contributed by atoms with Gasteiger partial charge in [-0.05, 0) is 74.3 Å². The topological polar surface area (TPSA) is 51.3 Å². The van der Waals surface area contributed by atoms with E-state index < -0.39 is 0 Å². The fraction of sp³-hybridized carbons (Fsp3) is 0.391. The molecule has 3 aromatic rings. The normalized spacial score (nSPS) is 24.9. The van der Waals surface area contributed by atoms with E-state index in [1.165, 1.54) is 27.6 Å². The largest absolute Gasteiger partial charge is 0.508 e. The standard InChI is InChI=1S/C23H27N3O/c1-26-11-9-19-20-13-17(27)7-6-15(20)12-22(26)23(19)24-10-8-16-14-25-21-5-3-2-4-18(16)21/h2-7,13-14,19,22-25,27H,8-12H2,1H3. The molecule has 1 aliphatic carbocycles. The SMILES string of the molecule is CN1CCC2c3cc(O)ccc3CC1C2NCCc1c[nH]c2ccccc12. The van der Waals surface area contributed by atoms with Gasteiger partial charge in [-0.15, -0.1) is 0 Å². The highest BCUT2D eigenvalue weighted by Gasteiger charge is 2.41. The number of hydrogen-bond acceptors (Lipinski definition) is 3. The molecule has 0 spiro atoms. The highest BCUT2D eigenvalue weighted by atomic mass is 16.3. The minimum atomic E-state index is 0.392. The minimum absolute atomic E-state index is 0.392. The van der Waals surface area contributed by atoms with E-state index in [4.69, 9.17) is 0 Å². The maximum absolute atomic E-state index is 9.99. The van der Waals surface area contributed by atoms with Crippen LogP contribution in [-0.2, 0) is 12.8 Å². The van der Waals surface area contributed by atoms with Crippen LogP contribution >= 0.6 is 0 Å². The van der Waals surface area contributed by atoms with Gasteiger partial charge >= 0.3 is 0 Å². The summed E-state index contributed by atoms with van der Waals surface area (Å²) in [6.07, 6.45) is 5.38. The van der Waals surface area contributed by atoms with E-state index in [0.717, 1.165) is 32.4 Å². The predicted octanol–water partition coefficient (Wildman–Crippen LogP) is 3.42. The zero-order valence-corrected chi connectivity index (χ0v) is 15.8. The molecule has 1 aromatic heterocycles. The zero-order chi connectivity index (χ0) is 18.4. The Labute approximate surface area is 160 Å². The fourth-order valence-electron chi connectivity index (χ4n) is 5.19. The third-order valence-electron chi connectivity index (χ3n) is 6.61. The molecular weight excluding hydrogens is 334 g/mol. The summed E-state index contributed by atoms with van der Waals surface area (Å²) in [6, 6.07) is 15.4. The number of nitrogens with one attached hydrogen (secondary N) is 2. The summed E-state index contributed by atoms with van der Waals surface area (Å²) in [5, 5.41) is 15.2. The van der Waals surface area contributed by atoms with Crippen molar-refractivity contribution in [2.45, 2.75) is 37.3 Å². The van der Waals surface area contributed by atoms with Crippen molar-refractivity contribution < 1.29 is 5.11 Å². The molecule has 4 nitrogen and oxygen atoms in total. The van der Waals surface area contributed by atoms with Crippen molar-refractivity contribution >= 4 is 10.9 Å². The lowest BCUT2D eigenvalue weighted by molar-refractivity contribution is 0.112. The quantitative estimate of drug-likeness (QED) is 0.667. The van der Waals surface area contributed by atoms with E-state index in [1.54, 1.807) is 0 Å². The third-order valence-corrected chi connectivity index (χ3v) is 6.61. The van der Waals surface area contributed by atoms with Gasteiger partial charge in [-0.25, -0.2) is 0 Å². The molecule has 140 valence electrons. The van der Waals surface area contributed by atoms with Gasteiger partial charge in [0.1, 0.15) is 5.75 Å². The van der Waals surface area contributed by atoms with Crippen LogP contribution in [0.5, 0.6) is 5.75 Å². The lowest BCUT2D eigenvalue weighted by Crippen LogP contribution is -2.59. The molecule has 3 unspecified atom stereocenters. The molecule has 4 heteroatoms. The third kappa shape index (κ3) is 2.93. The average molecular weight is 361 g/mol. The number of likely N-dealkylation sites (N-methyl/N-ethyl adjacent to an activating group) is 1. The molecule has 0 amide bonds. The molecule has 1 saturated heterocycles. The number of piperidine rings is 1. The summed E-state index contributed by atoms with van der Waals surface area (Å²) in [6.45, 7) is 2.10. The number of aromatic hydroxyl groups is 1. The number of rotatable bonds is 4. The van der Waals surface area contributed by atoms with Gasteiger partial charge < -0.3 is 20.3 Å². The Kier molecular flexibility index (Phi) is 4.18. The Bertz CT molecular complexity index is 963. The highest BCUT2D eigenvalue weighted by Crippen LogP contribution is 2.40. The number of para-hydroxylation sites is 1. The Morgan fingerprint density at radius 2 is 2.11 bits per heavy atom. The number of likely N-dealkylation sites (tertiary alicyclic amines) is 1. The van der Waals surface area contributed by atoms with Gasteiger partial charge in [-0.2, -0.15) is 0 Å². The van der Waals surface area contributed by atoms with Crippen LogP contribution in [0.2, 0.25) is 0 Å². The molecule has 2 bridgehead atoms. The number of phenols is 1. The maximum atomic E-state index is 9.99. The van der Waals surface area contributed by atoms with Crippen molar-refractivity contribution in [1.82, 2.24) is 15.2 Å². The first-order chi connectivity index (χ1) is 13.2. The van der Waals surface area contributed by atoms with E-state index in [-0.39, 0.29) is 0 Å². The predicted molar refractivity (Wildman–Crippen MR) is 109 cm³/mol. The van der Waals surface area contributed by atoms with Crippen LogP contribution in [0, 0.1) is 0 Å². The number of nitrogens with zero attached hydrogens (tertiary/aromatic N) is 1. The number of H-pyrrole nitrogens is 1.